The Morgan fingerprint density at radius 1 is 1.33 bits per heavy atom. The summed E-state index contributed by atoms with van der Waals surface area (Å²) in [6.07, 6.45) is 3.12. The number of rotatable bonds is 6. The van der Waals surface area contributed by atoms with E-state index >= 15 is 0 Å². The van der Waals surface area contributed by atoms with Crippen molar-refractivity contribution >= 4 is 5.91 Å². The largest absolute Gasteiger partial charge is 0.348 e. The number of H-pyrrole nitrogens is 1. The Labute approximate surface area is 159 Å². The number of nitrogens with one attached hydrogen (secondary N) is 2. The van der Waals surface area contributed by atoms with Crippen LogP contribution in [0.15, 0.2) is 10.9 Å². The Kier molecular flexibility index (Phi) is 5.82. The van der Waals surface area contributed by atoms with Gasteiger partial charge in [0, 0.05) is 31.2 Å². The van der Waals surface area contributed by atoms with Crippen molar-refractivity contribution in [3.8, 4) is 0 Å². The number of aryl methyl sites for hydroxylation is 2. The van der Waals surface area contributed by atoms with Crippen LogP contribution in [0, 0.1) is 5.92 Å². The van der Waals surface area contributed by atoms with Crippen LogP contribution in [0.4, 0.5) is 0 Å². The lowest BCUT2D eigenvalue weighted by molar-refractivity contribution is 0.0927. The van der Waals surface area contributed by atoms with E-state index in [1.165, 1.54) is 0 Å². The highest BCUT2D eigenvalue weighted by atomic mass is 16.2. The molecule has 0 spiro atoms. The van der Waals surface area contributed by atoms with Gasteiger partial charge in [-0.3, -0.25) is 14.5 Å². The van der Waals surface area contributed by atoms with Crippen LogP contribution in [0.5, 0.6) is 0 Å². The number of fused-ring (bicyclic) bond motifs is 1. The Morgan fingerprint density at radius 2 is 2.11 bits per heavy atom. The third kappa shape index (κ3) is 4.48. The molecule has 148 valence electrons. The van der Waals surface area contributed by atoms with Gasteiger partial charge in [-0.05, 0) is 37.2 Å². The van der Waals surface area contributed by atoms with Crippen LogP contribution in [0.3, 0.4) is 0 Å². The summed E-state index contributed by atoms with van der Waals surface area (Å²) in [5.41, 5.74) is 1.33. The molecule has 2 aromatic rings. The van der Waals surface area contributed by atoms with Gasteiger partial charge in [0.05, 0.1) is 0 Å². The van der Waals surface area contributed by atoms with Crippen LogP contribution < -0.4 is 11.0 Å². The number of hydrogen-bond donors (Lipinski definition) is 2. The molecule has 1 aliphatic rings. The van der Waals surface area contributed by atoms with Gasteiger partial charge >= 0.3 is 5.69 Å². The predicted octanol–water partition coefficient (Wildman–Crippen LogP) is 2.07. The smallest absolute Gasteiger partial charge is 0.345 e. The molecular formula is C19H30N6O2. The maximum absolute atomic E-state index is 12.6. The molecule has 3 heterocycles. The summed E-state index contributed by atoms with van der Waals surface area (Å²) in [6, 6.07) is 1.82. The lowest BCUT2D eigenvalue weighted by atomic mass is 10.1. The number of carbonyl (C=O) groups is 1. The van der Waals surface area contributed by atoms with Crippen molar-refractivity contribution < 1.29 is 4.79 Å². The molecule has 0 radical (unpaired) electrons. The van der Waals surface area contributed by atoms with Crippen molar-refractivity contribution in [1.29, 1.82) is 0 Å². The second-order valence-electron chi connectivity index (χ2n) is 8.12. The standard InChI is InChI=1S/C19H30N6O2/c1-12(2)7-10-25-19(27)24-9-8-14(5-6-17(24)23-25)20-18(26)16-11-15(13(3)4)21-22-16/h11-14H,5-10H2,1-4H3,(H,20,26)(H,21,22). The highest BCUT2D eigenvalue weighted by Crippen LogP contribution is 2.15. The minimum absolute atomic E-state index is 0.0157. The van der Waals surface area contributed by atoms with E-state index < -0.39 is 0 Å². The number of amides is 1. The molecule has 8 nitrogen and oxygen atoms in total. The zero-order chi connectivity index (χ0) is 19.6. The molecule has 2 aromatic heterocycles. The minimum atomic E-state index is -0.169. The number of carbonyl (C=O) groups excluding carboxylic acids is 1. The third-order valence-corrected chi connectivity index (χ3v) is 5.12. The van der Waals surface area contributed by atoms with E-state index in [-0.39, 0.29) is 17.6 Å². The minimum Gasteiger partial charge on any atom is -0.348 e. The lowest BCUT2D eigenvalue weighted by Gasteiger charge is -2.15. The summed E-state index contributed by atoms with van der Waals surface area (Å²) in [4.78, 5) is 25.0. The summed E-state index contributed by atoms with van der Waals surface area (Å²) in [6.45, 7) is 9.63. The first kappa shape index (κ1) is 19.4. The summed E-state index contributed by atoms with van der Waals surface area (Å²) in [5.74, 6) is 1.49. The van der Waals surface area contributed by atoms with Crippen LogP contribution in [0.2, 0.25) is 0 Å². The van der Waals surface area contributed by atoms with E-state index in [4.69, 9.17) is 0 Å². The molecule has 1 amide bonds. The van der Waals surface area contributed by atoms with Gasteiger partial charge in [0.1, 0.15) is 11.5 Å². The SMILES string of the molecule is CC(C)CCn1nc2n(c1=O)CCC(NC(=O)c1cc(C(C)C)[nH]n1)CC2. The highest BCUT2D eigenvalue weighted by Gasteiger charge is 2.23. The second kappa shape index (κ2) is 8.10. The van der Waals surface area contributed by atoms with Gasteiger partial charge in [0.2, 0.25) is 0 Å². The Morgan fingerprint density at radius 3 is 2.78 bits per heavy atom. The average molecular weight is 374 g/mol. The zero-order valence-corrected chi connectivity index (χ0v) is 16.7. The molecule has 27 heavy (non-hydrogen) atoms. The van der Waals surface area contributed by atoms with Gasteiger partial charge in [0.25, 0.3) is 5.91 Å². The quantitative estimate of drug-likeness (QED) is 0.809. The Bertz CT molecular complexity index is 845. The van der Waals surface area contributed by atoms with Gasteiger partial charge in [0.15, 0.2) is 0 Å². The molecular weight excluding hydrogens is 344 g/mol. The van der Waals surface area contributed by atoms with Crippen LogP contribution in [0.25, 0.3) is 0 Å². The van der Waals surface area contributed by atoms with Gasteiger partial charge in [-0.1, -0.05) is 27.7 Å². The topological polar surface area (TPSA) is 97.6 Å². The van der Waals surface area contributed by atoms with Crippen molar-refractivity contribution in [3.63, 3.8) is 0 Å². The number of aromatic amines is 1. The molecule has 0 aliphatic carbocycles. The van der Waals surface area contributed by atoms with Crippen molar-refractivity contribution in [2.75, 3.05) is 0 Å². The molecule has 1 atom stereocenters. The van der Waals surface area contributed by atoms with Crippen LogP contribution in [-0.4, -0.2) is 36.5 Å². The molecule has 1 unspecified atom stereocenters. The first-order chi connectivity index (χ1) is 12.8. The fraction of sp³-hybridized carbons (Fsp3) is 0.684. The van der Waals surface area contributed by atoms with Crippen LogP contribution in [-0.2, 0) is 19.5 Å². The maximum Gasteiger partial charge on any atom is 0.345 e. The highest BCUT2D eigenvalue weighted by molar-refractivity contribution is 5.92. The molecule has 0 saturated heterocycles. The molecule has 2 N–H and O–H groups in total. The summed E-state index contributed by atoms with van der Waals surface area (Å²) in [5, 5.41) is 14.6. The Hall–Kier alpha value is -2.38. The van der Waals surface area contributed by atoms with Crippen molar-refractivity contribution in [2.45, 2.75) is 78.4 Å². The molecule has 3 rings (SSSR count). The number of nitrogens with zero attached hydrogens (tertiary/aromatic N) is 4. The Balaban J connectivity index is 1.61. The molecule has 0 bridgehead atoms. The van der Waals surface area contributed by atoms with E-state index in [9.17, 15) is 9.59 Å². The van der Waals surface area contributed by atoms with Gasteiger partial charge in [-0.15, -0.1) is 0 Å². The molecule has 0 saturated carbocycles. The van der Waals surface area contributed by atoms with Crippen molar-refractivity contribution in [2.24, 2.45) is 5.92 Å². The summed E-state index contributed by atoms with van der Waals surface area (Å²) >= 11 is 0. The maximum atomic E-state index is 12.6. The first-order valence-electron chi connectivity index (χ1n) is 9.87. The zero-order valence-electron chi connectivity index (χ0n) is 16.7. The second-order valence-corrected chi connectivity index (χ2v) is 8.12. The summed E-state index contributed by atoms with van der Waals surface area (Å²) < 4.78 is 3.35. The van der Waals surface area contributed by atoms with Gasteiger partial charge in [-0.2, -0.15) is 10.2 Å². The molecule has 0 aromatic carbocycles. The van der Waals surface area contributed by atoms with Crippen LogP contribution in [0.1, 0.15) is 74.9 Å². The predicted molar refractivity (Wildman–Crippen MR) is 103 cm³/mol. The first-order valence-corrected chi connectivity index (χ1v) is 9.87. The van der Waals surface area contributed by atoms with E-state index in [0.29, 0.717) is 37.0 Å². The fourth-order valence-electron chi connectivity index (χ4n) is 3.31. The molecule has 0 fully saturated rings. The van der Waals surface area contributed by atoms with Crippen molar-refractivity contribution in [1.82, 2.24) is 29.9 Å². The van der Waals surface area contributed by atoms with E-state index in [1.807, 2.05) is 0 Å². The van der Waals surface area contributed by atoms with Crippen LogP contribution >= 0.6 is 0 Å². The van der Waals surface area contributed by atoms with E-state index in [0.717, 1.165) is 30.8 Å². The normalized spacial score (nSPS) is 17.2. The van der Waals surface area contributed by atoms with E-state index in [1.54, 1.807) is 15.3 Å². The third-order valence-electron chi connectivity index (χ3n) is 5.12. The van der Waals surface area contributed by atoms with Crippen molar-refractivity contribution in [3.05, 3.63) is 33.8 Å². The fourth-order valence-corrected chi connectivity index (χ4v) is 3.31. The van der Waals surface area contributed by atoms with Gasteiger partial charge < -0.3 is 5.32 Å². The monoisotopic (exact) mass is 374 g/mol. The number of hydrogen-bond acceptors (Lipinski definition) is 4. The average Bonchev–Trinajstić information content (AvgIpc) is 3.16. The van der Waals surface area contributed by atoms with E-state index in [2.05, 4.69) is 48.3 Å². The summed E-state index contributed by atoms with van der Waals surface area (Å²) in [7, 11) is 0. The van der Waals surface area contributed by atoms with Gasteiger partial charge in [-0.25, -0.2) is 9.48 Å². The molecule has 8 heteroatoms. The number of aromatic nitrogens is 5. The lowest BCUT2D eigenvalue weighted by Crippen LogP contribution is -2.36. The molecule has 1 aliphatic heterocycles.